The number of halogens is 5. The maximum atomic E-state index is 12.5. The van der Waals surface area contributed by atoms with Crippen molar-refractivity contribution in [3.05, 3.63) is 86.3 Å². The van der Waals surface area contributed by atoms with E-state index in [1.54, 1.807) is 38.7 Å². The Morgan fingerprint density at radius 1 is 0.653 bits per heavy atom. The van der Waals surface area contributed by atoms with Gasteiger partial charge in [0, 0.05) is 58.5 Å². The normalized spacial score (nSPS) is 17.2. The van der Waals surface area contributed by atoms with Crippen LogP contribution in [0.1, 0.15) is 114 Å². The number of nitrogens with two attached hydrogens (primary N) is 1. The molecule has 0 spiro atoms. The molecule has 2 heterocycles. The second kappa shape index (κ2) is 28.8. The Hall–Kier alpha value is -4.56. The first-order valence-corrected chi connectivity index (χ1v) is 25.5. The number of esters is 1. The minimum Gasteiger partial charge on any atom is -0.495 e. The monoisotopic (exact) mass is 1090 g/mol. The molecule has 0 aliphatic heterocycles. The van der Waals surface area contributed by atoms with E-state index in [9.17, 15) is 4.79 Å². The molecule has 0 saturated heterocycles. The number of aromatic nitrogens is 4. The van der Waals surface area contributed by atoms with Gasteiger partial charge in [-0.15, -0.1) is 0 Å². The predicted octanol–water partition coefficient (Wildman–Crippen LogP) is 16.4. The summed E-state index contributed by atoms with van der Waals surface area (Å²) in [5.74, 6) is 3.25. The first-order chi connectivity index (χ1) is 33.4. The molecule has 4 atom stereocenters. The average molecular weight is 1090 g/mol. The van der Waals surface area contributed by atoms with Gasteiger partial charge in [-0.1, -0.05) is 120 Å². The van der Waals surface area contributed by atoms with E-state index in [0.29, 0.717) is 72.6 Å². The summed E-state index contributed by atoms with van der Waals surface area (Å²) in [7, 11) is 6.17. The molecule has 2 fully saturated rings. The zero-order valence-corrected chi connectivity index (χ0v) is 45.4. The molecular formula is C55H73Cl5N6O6. The van der Waals surface area contributed by atoms with Crippen LogP contribution >= 0.6 is 58.0 Å². The molecule has 17 heteroatoms. The van der Waals surface area contributed by atoms with Crippen molar-refractivity contribution in [2.75, 3.05) is 33.8 Å². The average Bonchev–Trinajstić information content (AvgIpc) is 3.34. The van der Waals surface area contributed by atoms with E-state index in [1.165, 1.54) is 39.9 Å². The third kappa shape index (κ3) is 16.0. The van der Waals surface area contributed by atoms with Gasteiger partial charge in [0.1, 0.15) is 28.6 Å². The number of hydrogen-bond acceptors (Lipinski definition) is 12. The van der Waals surface area contributed by atoms with Crippen LogP contribution in [0.5, 0.6) is 23.0 Å². The Morgan fingerprint density at radius 2 is 1.10 bits per heavy atom. The molecule has 72 heavy (non-hydrogen) atoms. The molecule has 0 radical (unpaired) electrons. The highest BCUT2D eigenvalue weighted by Gasteiger charge is 2.30. The van der Waals surface area contributed by atoms with E-state index >= 15 is 0 Å². The van der Waals surface area contributed by atoms with Gasteiger partial charge < -0.3 is 34.7 Å². The molecule has 2 aliphatic carbocycles. The van der Waals surface area contributed by atoms with Gasteiger partial charge in [-0.3, -0.25) is 4.79 Å². The van der Waals surface area contributed by atoms with Gasteiger partial charge in [0.05, 0.1) is 66.0 Å². The lowest BCUT2D eigenvalue weighted by molar-refractivity contribution is -0.156. The summed E-state index contributed by atoms with van der Waals surface area (Å²) in [6.07, 6.45) is 13.3. The van der Waals surface area contributed by atoms with E-state index in [1.807, 2.05) is 71.0 Å². The van der Waals surface area contributed by atoms with Crippen molar-refractivity contribution in [3.63, 3.8) is 0 Å². The van der Waals surface area contributed by atoms with Crippen molar-refractivity contribution in [3.8, 4) is 45.3 Å². The van der Waals surface area contributed by atoms with Gasteiger partial charge >= 0.3 is 5.97 Å². The summed E-state index contributed by atoms with van der Waals surface area (Å²) in [6.45, 7) is 11.9. The summed E-state index contributed by atoms with van der Waals surface area (Å²) in [6, 6.07) is 15.3. The predicted molar refractivity (Wildman–Crippen MR) is 301 cm³/mol. The van der Waals surface area contributed by atoms with Crippen LogP contribution in [0.15, 0.2) is 60.9 Å². The maximum Gasteiger partial charge on any atom is 0.306 e. The van der Waals surface area contributed by atoms with Crippen molar-refractivity contribution in [1.82, 2.24) is 19.9 Å². The number of carbonyl (C=O) groups is 1. The number of hydrogen-bond donors (Lipinski definition) is 2. The van der Waals surface area contributed by atoms with Crippen molar-refractivity contribution in [2.45, 2.75) is 132 Å². The SMILES string of the molecule is C.C.CC.COc1cc(OC)c(Cl)c(-c2ccc3nc(Cl)ncc3c2)c1Cl.COc1cc(OC)c(Cl)c(-c2ccc3nc(NC4CCCC[C@@H]4CC(=O)OC(C)(C)C)ncc3c2)c1Cl.C[C@H]1CCCC[C@@H]1N. The molecule has 0 bridgehead atoms. The minimum atomic E-state index is -0.487. The van der Waals surface area contributed by atoms with Crippen molar-refractivity contribution in [2.24, 2.45) is 17.6 Å². The molecular weight excluding hydrogens is 1020 g/mol. The molecule has 12 nitrogen and oxygen atoms in total. The molecule has 3 N–H and O–H groups in total. The van der Waals surface area contributed by atoms with Crippen LogP contribution in [0.2, 0.25) is 25.4 Å². The number of fused-ring (bicyclic) bond motifs is 2. The van der Waals surface area contributed by atoms with Crippen molar-refractivity contribution in [1.29, 1.82) is 0 Å². The highest BCUT2D eigenvalue weighted by Crippen LogP contribution is 2.48. The topological polar surface area (TPSA) is 153 Å². The Kier molecular flexibility index (Phi) is 24.7. The van der Waals surface area contributed by atoms with Gasteiger partial charge in [0.25, 0.3) is 0 Å². The highest BCUT2D eigenvalue weighted by atomic mass is 35.5. The zero-order chi connectivity index (χ0) is 51.3. The van der Waals surface area contributed by atoms with E-state index in [2.05, 4.69) is 27.2 Å². The third-order valence-corrected chi connectivity index (χ3v) is 13.8. The lowest BCUT2D eigenvalue weighted by Gasteiger charge is -2.32. The number of rotatable bonds is 10. The fourth-order valence-corrected chi connectivity index (χ4v) is 10.0. The second-order valence-electron chi connectivity index (χ2n) is 18.0. The van der Waals surface area contributed by atoms with Crippen LogP contribution in [-0.4, -0.2) is 72.0 Å². The fourth-order valence-electron chi connectivity index (χ4n) is 8.45. The standard InChI is InChI=1S/C28H33Cl2N3O4.C16H11Cl3N2O2.C7H15N.C2H6.2CH4/c1-28(2,3)37-23(34)13-16-8-6-7-9-19(16)32-27-31-15-18-12-17(10-11-20(18)33-27)24-25(29)21(35-4)14-22(36-5)26(24)30;1-22-11-6-12(23-2)15(18)13(14(11)17)8-3-4-10-9(5-8)7-20-16(19)21-10;1-6-4-2-3-5-7(6)8;1-2;;/h10-12,14-16,19H,6-9,13H2,1-5H3,(H,31,32,33);3-7H,1-2H3;6-7H,2-5,8H2,1H3;1-2H3;2*1H4/t16-,19?;;6-,7-;;;/m1.0.../s1. The van der Waals surface area contributed by atoms with Gasteiger partial charge in [0.2, 0.25) is 11.2 Å². The largest absolute Gasteiger partial charge is 0.495 e. The summed E-state index contributed by atoms with van der Waals surface area (Å²) >= 11 is 31.9. The number of carbonyl (C=O) groups excluding carboxylic acids is 1. The first-order valence-electron chi connectivity index (χ1n) is 23.6. The summed E-state index contributed by atoms with van der Waals surface area (Å²) in [4.78, 5) is 29.9. The fraction of sp³-hybridized carbons (Fsp3) is 0.473. The number of methoxy groups -OCH3 is 4. The lowest BCUT2D eigenvalue weighted by atomic mass is 9.82. The molecule has 4 aromatic carbocycles. The quantitative estimate of drug-likeness (QED) is 0.0992. The van der Waals surface area contributed by atoms with Gasteiger partial charge in [-0.2, -0.15) is 0 Å². The molecule has 1 unspecified atom stereocenters. The molecule has 394 valence electrons. The minimum absolute atomic E-state index is 0. The Labute approximate surface area is 452 Å². The molecule has 0 amide bonds. The Balaban J connectivity index is 0.000000332. The third-order valence-electron chi connectivity index (χ3n) is 12.1. The second-order valence-corrected chi connectivity index (χ2v) is 19.8. The smallest absolute Gasteiger partial charge is 0.306 e. The zero-order valence-electron chi connectivity index (χ0n) is 41.7. The van der Waals surface area contributed by atoms with Crippen molar-refractivity contribution < 1.29 is 28.5 Å². The number of nitrogens with one attached hydrogen (secondary N) is 1. The van der Waals surface area contributed by atoms with Crippen LogP contribution in [-0.2, 0) is 9.53 Å². The lowest BCUT2D eigenvalue weighted by Crippen LogP contribution is -2.35. The van der Waals surface area contributed by atoms with E-state index in [4.69, 9.17) is 92.4 Å². The Bertz CT molecular complexity index is 2660. The molecule has 2 aromatic heterocycles. The summed E-state index contributed by atoms with van der Waals surface area (Å²) in [5, 5.41) is 6.96. The van der Waals surface area contributed by atoms with E-state index in [0.717, 1.165) is 64.5 Å². The van der Waals surface area contributed by atoms with Crippen LogP contribution in [0.25, 0.3) is 44.1 Å². The van der Waals surface area contributed by atoms with Gasteiger partial charge in [-0.05, 0) is 105 Å². The molecule has 6 aromatic rings. The first kappa shape index (κ1) is 61.7. The van der Waals surface area contributed by atoms with Gasteiger partial charge in [-0.25, -0.2) is 19.9 Å². The Morgan fingerprint density at radius 3 is 1.54 bits per heavy atom. The summed E-state index contributed by atoms with van der Waals surface area (Å²) < 4.78 is 27.0. The number of anilines is 1. The number of benzene rings is 4. The number of ether oxygens (including phenoxy) is 5. The van der Waals surface area contributed by atoms with Crippen molar-refractivity contribution >= 4 is 91.7 Å². The number of nitrogens with zero attached hydrogens (tertiary/aromatic N) is 4. The van der Waals surface area contributed by atoms with E-state index < -0.39 is 5.60 Å². The molecule has 8 rings (SSSR count). The van der Waals surface area contributed by atoms with Crippen LogP contribution in [0, 0.1) is 11.8 Å². The van der Waals surface area contributed by atoms with Crippen LogP contribution in [0.3, 0.4) is 0 Å². The van der Waals surface area contributed by atoms with Crippen LogP contribution < -0.4 is 30.0 Å². The van der Waals surface area contributed by atoms with E-state index in [-0.39, 0.29) is 38.1 Å². The summed E-state index contributed by atoms with van der Waals surface area (Å²) in [5.41, 5.74) is 9.65. The highest BCUT2D eigenvalue weighted by molar-refractivity contribution is 6.42. The molecule has 2 aliphatic rings. The van der Waals surface area contributed by atoms with Crippen LogP contribution in [0.4, 0.5) is 5.95 Å². The molecule has 2 saturated carbocycles. The van der Waals surface area contributed by atoms with Gasteiger partial charge in [0.15, 0.2) is 0 Å². The maximum absolute atomic E-state index is 12.5.